The van der Waals surface area contributed by atoms with Crippen LogP contribution in [0.15, 0.2) is 30.5 Å². The van der Waals surface area contributed by atoms with Gasteiger partial charge in [0.15, 0.2) is 0 Å². The highest BCUT2D eigenvalue weighted by atomic mass is 16.5. The SMILES string of the molecule is CCCCCCc1nc(N)nc2ccn(Cc3ccc(CN4CC(N)C4)cc3OC)c12. The number of aromatic nitrogens is 3. The molecule has 4 rings (SSSR count). The lowest BCUT2D eigenvalue weighted by molar-refractivity contribution is 0.142. The molecule has 0 amide bonds. The van der Waals surface area contributed by atoms with Gasteiger partial charge in [-0.3, -0.25) is 4.90 Å². The zero-order valence-electron chi connectivity index (χ0n) is 18.7. The summed E-state index contributed by atoms with van der Waals surface area (Å²) in [6.07, 6.45) is 7.78. The summed E-state index contributed by atoms with van der Waals surface area (Å²) in [6.45, 7) is 5.76. The number of unbranched alkanes of at least 4 members (excludes halogenated alkanes) is 3. The molecule has 0 aliphatic carbocycles. The van der Waals surface area contributed by atoms with Crippen LogP contribution in [0, 0.1) is 0 Å². The van der Waals surface area contributed by atoms with E-state index >= 15 is 0 Å². The van der Waals surface area contributed by atoms with Crippen LogP contribution < -0.4 is 16.2 Å². The first-order chi connectivity index (χ1) is 15.1. The van der Waals surface area contributed by atoms with E-state index in [0.29, 0.717) is 18.5 Å². The Morgan fingerprint density at radius 2 is 1.94 bits per heavy atom. The van der Waals surface area contributed by atoms with Crippen molar-refractivity contribution in [3.8, 4) is 5.75 Å². The summed E-state index contributed by atoms with van der Waals surface area (Å²) < 4.78 is 7.95. The van der Waals surface area contributed by atoms with Crippen LogP contribution >= 0.6 is 0 Å². The molecule has 0 spiro atoms. The van der Waals surface area contributed by atoms with Crippen molar-refractivity contribution >= 4 is 17.0 Å². The summed E-state index contributed by atoms with van der Waals surface area (Å²) in [6, 6.07) is 8.84. The van der Waals surface area contributed by atoms with E-state index in [1.54, 1.807) is 7.11 Å². The van der Waals surface area contributed by atoms with Crippen molar-refractivity contribution in [1.82, 2.24) is 19.4 Å². The van der Waals surface area contributed by atoms with Crippen molar-refractivity contribution in [2.45, 2.75) is 58.2 Å². The minimum absolute atomic E-state index is 0.315. The first-order valence-electron chi connectivity index (χ1n) is 11.3. The minimum atomic E-state index is 0.315. The second kappa shape index (κ2) is 9.66. The maximum absolute atomic E-state index is 5.98. The molecule has 2 aromatic heterocycles. The van der Waals surface area contributed by atoms with Crippen molar-refractivity contribution in [2.75, 3.05) is 25.9 Å². The number of nitrogens with two attached hydrogens (primary N) is 2. The van der Waals surface area contributed by atoms with Crippen molar-refractivity contribution in [2.24, 2.45) is 5.73 Å². The molecular weight excluding hydrogens is 388 g/mol. The fourth-order valence-corrected chi connectivity index (χ4v) is 4.43. The van der Waals surface area contributed by atoms with Crippen molar-refractivity contribution < 1.29 is 4.74 Å². The van der Waals surface area contributed by atoms with Crippen LogP contribution in [-0.4, -0.2) is 45.7 Å². The van der Waals surface area contributed by atoms with Crippen LogP contribution in [0.3, 0.4) is 0 Å². The molecule has 0 saturated carbocycles. The van der Waals surface area contributed by atoms with Gasteiger partial charge in [-0.2, -0.15) is 0 Å². The molecule has 0 unspecified atom stereocenters. The highest BCUT2D eigenvalue weighted by molar-refractivity contribution is 5.79. The van der Waals surface area contributed by atoms with E-state index in [9.17, 15) is 0 Å². The Bertz CT molecular complexity index is 1020. The van der Waals surface area contributed by atoms with Gasteiger partial charge in [-0.05, 0) is 30.5 Å². The molecule has 0 atom stereocenters. The number of nitrogens with zero attached hydrogens (tertiary/aromatic N) is 4. The number of fused-ring (bicyclic) bond motifs is 1. The van der Waals surface area contributed by atoms with Crippen molar-refractivity contribution in [3.63, 3.8) is 0 Å². The van der Waals surface area contributed by atoms with Crippen molar-refractivity contribution in [1.29, 1.82) is 0 Å². The topological polar surface area (TPSA) is 95.2 Å². The zero-order chi connectivity index (χ0) is 21.8. The molecular formula is C24H34N6O. The molecule has 1 fully saturated rings. The maximum atomic E-state index is 5.98. The predicted molar refractivity (Wildman–Crippen MR) is 125 cm³/mol. The van der Waals surface area contributed by atoms with E-state index in [0.717, 1.165) is 60.5 Å². The number of benzene rings is 1. The molecule has 7 heteroatoms. The molecule has 1 saturated heterocycles. The lowest BCUT2D eigenvalue weighted by Gasteiger charge is -2.36. The van der Waals surface area contributed by atoms with Gasteiger partial charge in [-0.1, -0.05) is 38.3 Å². The molecule has 3 heterocycles. The van der Waals surface area contributed by atoms with Gasteiger partial charge in [0.05, 0.1) is 30.4 Å². The molecule has 4 N–H and O–H groups in total. The van der Waals surface area contributed by atoms with Gasteiger partial charge >= 0.3 is 0 Å². The molecule has 3 aromatic rings. The van der Waals surface area contributed by atoms with Crippen LogP contribution in [0.5, 0.6) is 5.75 Å². The molecule has 1 aromatic carbocycles. The van der Waals surface area contributed by atoms with Crippen molar-refractivity contribution in [3.05, 3.63) is 47.3 Å². The number of hydrogen-bond donors (Lipinski definition) is 2. The number of aryl methyl sites for hydroxylation is 1. The number of nitrogen functional groups attached to an aromatic ring is 1. The Labute approximate surface area is 184 Å². The Kier molecular flexibility index (Phi) is 6.73. The van der Waals surface area contributed by atoms with Crippen LogP contribution in [0.4, 0.5) is 5.95 Å². The second-order valence-electron chi connectivity index (χ2n) is 8.62. The largest absolute Gasteiger partial charge is 0.496 e. The summed E-state index contributed by atoms with van der Waals surface area (Å²) in [7, 11) is 1.74. The highest BCUT2D eigenvalue weighted by Gasteiger charge is 2.23. The standard InChI is InChI=1S/C24H34N6O/c1-3-4-5-6-7-20-23-21(28-24(26)27-20)10-11-30(23)14-18-9-8-17(12-22(18)31-2)13-29-15-19(25)16-29/h8-12,19H,3-7,13-16,25H2,1-2H3,(H2,26,27,28). The molecule has 31 heavy (non-hydrogen) atoms. The van der Waals surface area contributed by atoms with Gasteiger partial charge in [0.25, 0.3) is 0 Å². The number of ether oxygens (including phenoxy) is 1. The van der Waals surface area contributed by atoms with Gasteiger partial charge in [-0.25, -0.2) is 9.97 Å². The molecule has 166 valence electrons. The van der Waals surface area contributed by atoms with E-state index in [1.165, 1.54) is 24.8 Å². The summed E-state index contributed by atoms with van der Waals surface area (Å²) in [4.78, 5) is 11.4. The summed E-state index contributed by atoms with van der Waals surface area (Å²) in [5.74, 6) is 1.26. The van der Waals surface area contributed by atoms with Gasteiger partial charge < -0.3 is 20.8 Å². The van der Waals surface area contributed by atoms with E-state index in [1.807, 2.05) is 6.07 Å². The first kappa shape index (κ1) is 21.6. The Morgan fingerprint density at radius 1 is 1.10 bits per heavy atom. The van der Waals surface area contributed by atoms with E-state index in [2.05, 4.69) is 50.8 Å². The quantitative estimate of drug-likeness (QED) is 0.487. The third kappa shape index (κ3) is 4.99. The predicted octanol–water partition coefficient (Wildman–Crippen LogP) is 3.34. The van der Waals surface area contributed by atoms with Crippen LogP contribution in [0.2, 0.25) is 0 Å². The van der Waals surface area contributed by atoms with E-state index in [-0.39, 0.29) is 0 Å². The summed E-state index contributed by atoms with van der Waals surface area (Å²) in [5, 5.41) is 0. The fraction of sp³-hybridized carbons (Fsp3) is 0.500. The Morgan fingerprint density at radius 3 is 2.68 bits per heavy atom. The molecule has 1 aliphatic rings. The second-order valence-corrected chi connectivity index (χ2v) is 8.62. The number of anilines is 1. The molecule has 0 bridgehead atoms. The van der Waals surface area contributed by atoms with Crippen LogP contribution in [0.1, 0.15) is 49.4 Å². The highest BCUT2D eigenvalue weighted by Crippen LogP contribution is 2.26. The van der Waals surface area contributed by atoms with Gasteiger partial charge in [0, 0.05) is 37.4 Å². The minimum Gasteiger partial charge on any atom is -0.496 e. The normalized spacial score (nSPS) is 14.8. The average Bonchev–Trinajstić information content (AvgIpc) is 3.13. The number of hydrogen-bond acceptors (Lipinski definition) is 6. The number of rotatable bonds is 10. The smallest absolute Gasteiger partial charge is 0.220 e. The van der Waals surface area contributed by atoms with Gasteiger partial charge in [0.1, 0.15) is 5.75 Å². The summed E-state index contributed by atoms with van der Waals surface area (Å²) >= 11 is 0. The lowest BCUT2D eigenvalue weighted by atomic mass is 10.1. The van der Waals surface area contributed by atoms with Crippen LogP contribution in [-0.2, 0) is 19.5 Å². The van der Waals surface area contributed by atoms with Crippen LogP contribution in [0.25, 0.3) is 11.0 Å². The third-order valence-corrected chi connectivity index (χ3v) is 6.05. The fourth-order valence-electron chi connectivity index (χ4n) is 4.43. The summed E-state index contributed by atoms with van der Waals surface area (Å²) in [5.41, 5.74) is 17.3. The zero-order valence-corrected chi connectivity index (χ0v) is 18.7. The molecule has 0 radical (unpaired) electrons. The number of methoxy groups -OCH3 is 1. The van der Waals surface area contributed by atoms with E-state index in [4.69, 9.17) is 16.2 Å². The monoisotopic (exact) mass is 422 g/mol. The average molecular weight is 423 g/mol. The Hall–Kier alpha value is -2.64. The third-order valence-electron chi connectivity index (χ3n) is 6.05. The molecule has 1 aliphatic heterocycles. The van der Waals surface area contributed by atoms with Gasteiger partial charge in [0.2, 0.25) is 5.95 Å². The first-order valence-corrected chi connectivity index (χ1v) is 11.3. The lowest BCUT2D eigenvalue weighted by Crippen LogP contribution is -2.54. The van der Waals surface area contributed by atoms with Gasteiger partial charge in [-0.15, -0.1) is 0 Å². The molecule has 7 nitrogen and oxygen atoms in total. The van der Waals surface area contributed by atoms with E-state index < -0.39 is 0 Å². The maximum Gasteiger partial charge on any atom is 0.220 e. The number of likely N-dealkylation sites (tertiary alicyclic amines) is 1. The Balaban J connectivity index is 1.56.